The first-order valence-corrected chi connectivity index (χ1v) is 10.6. The van der Waals surface area contributed by atoms with E-state index in [2.05, 4.69) is 21.2 Å². The summed E-state index contributed by atoms with van der Waals surface area (Å²) >= 11 is 8.73. The first-order chi connectivity index (χ1) is 14.3. The highest BCUT2D eigenvalue weighted by atomic mass is 79.9. The van der Waals surface area contributed by atoms with Gasteiger partial charge < -0.3 is 9.47 Å². The molecule has 0 unspecified atom stereocenters. The summed E-state index contributed by atoms with van der Waals surface area (Å²) in [4.78, 5) is 26.9. The largest absolute Gasteiger partial charge is 0.495 e. The first-order valence-electron chi connectivity index (χ1n) is 9.36. The van der Waals surface area contributed by atoms with Gasteiger partial charge in [0, 0.05) is 0 Å². The van der Waals surface area contributed by atoms with E-state index in [-0.39, 0.29) is 16.8 Å². The Bertz CT molecular complexity index is 1040. The third-order valence-corrected chi connectivity index (χ3v) is 5.50. The van der Waals surface area contributed by atoms with E-state index in [9.17, 15) is 9.59 Å². The number of halogens is 1. The number of methoxy groups -OCH3 is 1. The molecule has 2 amide bonds. The molecule has 1 aliphatic heterocycles. The van der Waals surface area contributed by atoms with Crippen molar-refractivity contribution < 1.29 is 19.1 Å². The Labute approximate surface area is 189 Å². The summed E-state index contributed by atoms with van der Waals surface area (Å²) in [6, 6.07) is 12.4. The highest BCUT2D eigenvalue weighted by Gasteiger charge is 2.35. The zero-order valence-electron chi connectivity index (χ0n) is 16.8. The quantitative estimate of drug-likeness (QED) is 0.369. The van der Waals surface area contributed by atoms with Crippen molar-refractivity contribution in [3.8, 4) is 11.5 Å². The fourth-order valence-corrected chi connectivity index (χ4v) is 3.62. The van der Waals surface area contributed by atoms with E-state index in [1.807, 2.05) is 13.8 Å². The lowest BCUT2D eigenvalue weighted by molar-refractivity contribution is -0.122. The van der Waals surface area contributed by atoms with Crippen LogP contribution in [0, 0.1) is 0 Å². The normalized spacial score (nSPS) is 16.5. The van der Waals surface area contributed by atoms with Crippen molar-refractivity contribution in [1.29, 1.82) is 0 Å². The van der Waals surface area contributed by atoms with Crippen molar-refractivity contribution in [3.63, 3.8) is 0 Å². The number of para-hydroxylation sites is 2. The lowest BCUT2D eigenvalue weighted by Gasteiger charge is -2.29. The highest BCUT2D eigenvalue weighted by Crippen LogP contribution is 2.32. The Hall–Kier alpha value is -2.71. The van der Waals surface area contributed by atoms with Crippen LogP contribution in [0.1, 0.15) is 25.8 Å². The van der Waals surface area contributed by atoms with E-state index in [0.29, 0.717) is 22.7 Å². The summed E-state index contributed by atoms with van der Waals surface area (Å²) in [6.45, 7) is 4.03. The van der Waals surface area contributed by atoms with Gasteiger partial charge in [0.15, 0.2) is 5.11 Å². The second kappa shape index (κ2) is 9.40. The van der Waals surface area contributed by atoms with Crippen LogP contribution >= 0.6 is 28.1 Å². The van der Waals surface area contributed by atoms with Gasteiger partial charge in [-0.2, -0.15) is 0 Å². The zero-order valence-corrected chi connectivity index (χ0v) is 19.2. The maximum absolute atomic E-state index is 13.2. The van der Waals surface area contributed by atoms with Gasteiger partial charge in [-0.15, -0.1) is 0 Å². The lowest BCUT2D eigenvalue weighted by Crippen LogP contribution is -2.54. The number of hydrogen-bond acceptors (Lipinski definition) is 5. The Morgan fingerprint density at radius 2 is 1.93 bits per heavy atom. The highest BCUT2D eigenvalue weighted by molar-refractivity contribution is 9.10. The van der Waals surface area contributed by atoms with E-state index in [1.54, 1.807) is 42.5 Å². The predicted molar refractivity (Wildman–Crippen MR) is 124 cm³/mol. The molecule has 1 fully saturated rings. The fourth-order valence-electron chi connectivity index (χ4n) is 2.86. The number of thiocarbonyl (C=S) groups is 1. The zero-order chi connectivity index (χ0) is 21.8. The van der Waals surface area contributed by atoms with Crippen LogP contribution in [0.2, 0.25) is 0 Å². The number of rotatable bonds is 6. The minimum absolute atomic E-state index is 0.00475. The number of ether oxygens (including phenoxy) is 2. The monoisotopic (exact) mass is 488 g/mol. The summed E-state index contributed by atoms with van der Waals surface area (Å²) in [5, 5.41) is 2.58. The molecule has 1 atom stereocenters. The maximum Gasteiger partial charge on any atom is 0.270 e. The SMILES string of the molecule is CC[C@@H](C)Oc1ccc(/C=C2\C(=O)NC(=S)N(c3ccccc3OC)C2=O)cc1Br. The molecule has 0 spiro atoms. The van der Waals surface area contributed by atoms with Crippen molar-refractivity contribution in [3.05, 3.63) is 58.1 Å². The summed E-state index contributed by atoms with van der Waals surface area (Å²) in [5.41, 5.74) is 1.10. The molecule has 2 aromatic rings. The second-order valence-corrected chi connectivity index (χ2v) is 7.90. The van der Waals surface area contributed by atoms with E-state index in [1.165, 1.54) is 18.1 Å². The number of carbonyl (C=O) groups is 2. The lowest BCUT2D eigenvalue weighted by atomic mass is 10.1. The van der Waals surface area contributed by atoms with Crippen molar-refractivity contribution in [1.82, 2.24) is 5.32 Å². The molecule has 30 heavy (non-hydrogen) atoms. The molecular weight excluding hydrogens is 468 g/mol. The van der Waals surface area contributed by atoms with Crippen LogP contribution in [0.4, 0.5) is 5.69 Å². The van der Waals surface area contributed by atoms with E-state index in [0.717, 1.165) is 10.9 Å². The van der Waals surface area contributed by atoms with Gasteiger partial charge in [0.25, 0.3) is 11.8 Å². The number of nitrogens with zero attached hydrogens (tertiary/aromatic N) is 1. The molecule has 156 valence electrons. The molecular formula is C22H21BrN2O4S. The molecule has 3 rings (SSSR count). The second-order valence-electron chi connectivity index (χ2n) is 6.66. The number of nitrogens with one attached hydrogen (secondary N) is 1. The van der Waals surface area contributed by atoms with Gasteiger partial charge in [-0.3, -0.25) is 14.9 Å². The minimum atomic E-state index is -0.549. The van der Waals surface area contributed by atoms with Gasteiger partial charge in [-0.25, -0.2) is 4.90 Å². The Balaban J connectivity index is 1.96. The molecule has 1 N–H and O–H groups in total. The van der Waals surface area contributed by atoms with E-state index >= 15 is 0 Å². The molecule has 0 bridgehead atoms. The average Bonchev–Trinajstić information content (AvgIpc) is 2.73. The Morgan fingerprint density at radius 1 is 1.20 bits per heavy atom. The first kappa shape index (κ1) is 22.0. The number of amides is 2. The summed E-state index contributed by atoms with van der Waals surface area (Å²) in [5.74, 6) is 0.0947. The van der Waals surface area contributed by atoms with Crippen LogP contribution in [-0.2, 0) is 9.59 Å². The standard InChI is InChI=1S/C22H21BrN2O4S/c1-4-13(2)29-18-10-9-14(12-16(18)23)11-15-20(26)24-22(30)25(21(15)27)17-7-5-6-8-19(17)28-3/h5-13H,4H2,1-3H3,(H,24,26,30)/b15-11+/t13-/m1/s1. The van der Waals surface area contributed by atoms with Crippen LogP contribution in [0.3, 0.4) is 0 Å². The number of carbonyl (C=O) groups excluding carboxylic acids is 2. The average molecular weight is 489 g/mol. The van der Waals surface area contributed by atoms with Gasteiger partial charge in [0.2, 0.25) is 0 Å². The topological polar surface area (TPSA) is 67.9 Å². The predicted octanol–water partition coefficient (Wildman–Crippen LogP) is 4.47. The molecule has 1 saturated heterocycles. The molecule has 1 heterocycles. The van der Waals surface area contributed by atoms with E-state index < -0.39 is 11.8 Å². The molecule has 6 nitrogen and oxygen atoms in total. The molecule has 1 aliphatic rings. The van der Waals surface area contributed by atoms with Crippen molar-refractivity contribution in [2.45, 2.75) is 26.4 Å². The third-order valence-electron chi connectivity index (χ3n) is 4.60. The van der Waals surface area contributed by atoms with Crippen LogP contribution in [0.5, 0.6) is 11.5 Å². The van der Waals surface area contributed by atoms with Crippen LogP contribution < -0.4 is 19.7 Å². The summed E-state index contributed by atoms with van der Waals surface area (Å²) < 4.78 is 11.9. The molecule has 8 heteroatoms. The fraction of sp³-hybridized carbons (Fsp3) is 0.227. The molecule has 0 aromatic heterocycles. The smallest absolute Gasteiger partial charge is 0.270 e. The Kier molecular flexibility index (Phi) is 6.89. The molecule has 2 aromatic carbocycles. The van der Waals surface area contributed by atoms with E-state index in [4.69, 9.17) is 21.7 Å². The van der Waals surface area contributed by atoms with Crippen LogP contribution in [0.25, 0.3) is 6.08 Å². The Morgan fingerprint density at radius 3 is 2.60 bits per heavy atom. The van der Waals surface area contributed by atoms with Gasteiger partial charge in [0.1, 0.15) is 17.1 Å². The third kappa shape index (κ3) is 4.55. The van der Waals surface area contributed by atoms with Gasteiger partial charge >= 0.3 is 0 Å². The molecule has 0 saturated carbocycles. The van der Waals surface area contributed by atoms with Crippen molar-refractivity contribution in [2.24, 2.45) is 0 Å². The number of benzene rings is 2. The minimum Gasteiger partial charge on any atom is -0.495 e. The van der Waals surface area contributed by atoms with Gasteiger partial charge in [-0.1, -0.05) is 25.1 Å². The summed E-state index contributed by atoms with van der Waals surface area (Å²) in [6.07, 6.45) is 2.48. The van der Waals surface area contributed by atoms with Crippen LogP contribution in [-0.4, -0.2) is 30.1 Å². The van der Waals surface area contributed by atoms with Gasteiger partial charge in [0.05, 0.1) is 23.4 Å². The molecule has 0 aliphatic carbocycles. The van der Waals surface area contributed by atoms with Crippen LogP contribution in [0.15, 0.2) is 52.5 Å². The van der Waals surface area contributed by atoms with Gasteiger partial charge in [-0.05, 0) is 77.4 Å². The molecule has 0 radical (unpaired) electrons. The maximum atomic E-state index is 13.2. The number of anilines is 1. The van der Waals surface area contributed by atoms with Crippen molar-refractivity contribution in [2.75, 3.05) is 12.0 Å². The van der Waals surface area contributed by atoms with Crippen molar-refractivity contribution >= 4 is 56.8 Å². The summed E-state index contributed by atoms with van der Waals surface area (Å²) in [7, 11) is 1.51. The number of hydrogen-bond donors (Lipinski definition) is 1.